The summed E-state index contributed by atoms with van der Waals surface area (Å²) in [5.41, 5.74) is 1.97. The smallest absolute Gasteiger partial charge is 0.314 e. The van der Waals surface area contributed by atoms with Crippen LogP contribution >= 0.6 is 11.6 Å². The van der Waals surface area contributed by atoms with Crippen molar-refractivity contribution >= 4 is 17.6 Å². The van der Waals surface area contributed by atoms with Crippen LogP contribution in [0, 0.1) is 5.92 Å². The molecule has 3 nitrogen and oxygen atoms in total. The van der Waals surface area contributed by atoms with E-state index in [4.69, 9.17) is 16.0 Å². The first-order valence-corrected chi connectivity index (χ1v) is 9.55. The van der Waals surface area contributed by atoms with E-state index >= 15 is 0 Å². The van der Waals surface area contributed by atoms with Gasteiger partial charge < -0.3 is 9.52 Å². The number of carboxylic acid groups (broad SMARTS) is 1. The van der Waals surface area contributed by atoms with E-state index in [1.165, 1.54) is 5.56 Å². The van der Waals surface area contributed by atoms with Gasteiger partial charge in [-0.1, -0.05) is 54.1 Å². The normalized spacial score (nSPS) is 16.0. The minimum Gasteiger partial charge on any atom is -0.481 e. The highest BCUT2D eigenvalue weighted by Gasteiger charge is 2.52. The van der Waals surface area contributed by atoms with Gasteiger partial charge in [-0.25, -0.2) is 0 Å². The van der Waals surface area contributed by atoms with Crippen LogP contribution in [-0.4, -0.2) is 11.1 Å². The fourth-order valence-electron chi connectivity index (χ4n) is 3.91. The van der Waals surface area contributed by atoms with Crippen LogP contribution in [0.2, 0.25) is 5.02 Å². The maximum Gasteiger partial charge on any atom is 0.314 e. The molecule has 3 aromatic rings. The van der Waals surface area contributed by atoms with Crippen molar-refractivity contribution in [1.82, 2.24) is 0 Å². The Bertz CT molecular complexity index is 926. The zero-order valence-electron chi connectivity index (χ0n) is 14.9. The number of benzene rings is 2. The predicted octanol–water partition coefficient (Wildman–Crippen LogP) is 5.50. The average Bonchev–Trinajstić information content (AvgIpc) is 3.43. The number of hydrogen-bond donors (Lipinski definition) is 1. The molecule has 1 N–H and O–H groups in total. The van der Waals surface area contributed by atoms with Crippen LogP contribution in [0.1, 0.15) is 35.3 Å². The van der Waals surface area contributed by atoms with Crippen molar-refractivity contribution in [2.24, 2.45) is 5.92 Å². The van der Waals surface area contributed by atoms with E-state index in [-0.39, 0.29) is 5.92 Å². The van der Waals surface area contributed by atoms with Crippen molar-refractivity contribution in [2.45, 2.75) is 31.1 Å². The molecular formula is C23H21ClO3. The summed E-state index contributed by atoms with van der Waals surface area (Å²) in [4.78, 5) is 12.4. The molecule has 1 saturated carbocycles. The highest BCUT2D eigenvalue weighted by atomic mass is 35.5. The van der Waals surface area contributed by atoms with E-state index in [9.17, 15) is 9.90 Å². The highest BCUT2D eigenvalue weighted by molar-refractivity contribution is 6.30. The molecule has 0 amide bonds. The van der Waals surface area contributed by atoms with Crippen LogP contribution in [0.5, 0.6) is 0 Å². The molecule has 1 fully saturated rings. The SMILES string of the molecule is O=C(O)C(Cc1coc(Cc2ccccc2)c1)(c1ccc(Cl)cc1)C1CC1. The Hall–Kier alpha value is -2.52. The molecule has 2 aromatic carbocycles. The molecule has 0 aliphatic heterocycles. The Morgan fingerprint density at radius 1 is 1.07 bits per heavy atom. The lowest BCUT2D eigenvalue weighted by Gasteiger charge is -2.30. The molecule has 1 atom stereocenters. The van der Waals surface area contributed by atoms with Crippen LogP contribution in [0.15, 0.2) is 71.3 Å². The molecule has 1 aromatic heterocycles. The fraction of sp³-hybridized carbons (Fsp3) is 0.261. The van der Waals surface area contributed by atoms with Gasteiger partial charge in [-0.3, -0.25) is 4.79 Å². The van der Waals surface area contributed by atoms with Crippen molar-refractivity contribution in [3.63, 3.8) is 0 Å². The van der Waals surface area contributed by atoms with Gasteiger partial charge in [0.05, 0.1) is 11.7 Å². The van der Waals surface area contributed by atoms with Gasteiger partial charge in [0, 0.05) is 11.4 Å². The quantitative estimate of drug-likeness (QED) is 0.588. The van der Waals surface area contributed by atoms with Crippen LogP contribution < -0.4 is 0 Å². The standard InChI is InChI=1S/C23H21ClO3/c24-20-10-8-19(9-11-20)23(22(25)26,18-6-7-18)14-17-13-21(27-15-17)12-16-4-2-1-3-5-16/h1-5,8-11,13,15,18H,6-7,12,14H2,(H,25,26). The third-order valence-corrected chi connectivity index (χ3v) is 5.68. The summed E-state index contributed by atoms with van der Waals surface area (Å²) in [7, 11) is 0. The Morgan fingerprint density at radius 3 is 2.41 bits per heavy atom. The van der Waals surface area contributed by atoms with Crippen molar-refractivity contribution in [1.29, 1.82) is 0 Å². The van der Waals surface area contributed by atoms with Gasteiger partial charge in [0.25, 0.3) is 0 Å². The Morgan fingerprint density at radius 2 is 1.78 bits per heavy atom. The summed E-state index contributed by atoms with van der Waals surface area (Å²) >= 11 is 6.01. The molecule has 1 aliphatic rings. The number of aliphatic carboxylic acids is 1. The van der Waals surface area contributed by atoms with Gasteiger partial charge in [0.1, 0.15) is 5.76 Å². The Balaban J connectivity index is 1.63. The summed E-state index contributed by atoms with van der Waals surface area (Å²) in [6.45, 7) is 0. The summed E-state index contributed by atoms with van der Waals surface area (Å²) in [6.07, 6.45) is 4.69. The third kappa shape index (κ3) is 3.65. The maximum atomic E-state index is 12.4. The fourth-order valence-corrected chi connectivity index (χ4v) is 4.04. The molecule has 1 heterocycles. The summed E-state index contributed by atoms with van der Waals surface area (Å²) in [5.74, 6) is 0.212. The Kier molecular flexibility index (Phi) is 4.79. The van der Waals surface area contributed by atoms with E-state index in [1.54, 1.807) is 18.4 Å². The maximum absolute atomic E-state index is 12.4. The second kappa shape index (κ2) is 7.24. The molecule has 1 aliphatic carbocycles. The molecule has 0 radical (unpaired) electrons. The molecule has 1 unspecified atom stereocenters. The molecule has 0 bridgehead atoms. The largest absolute Gasteiger partial charge is 0.481 e. The van der Waals surface area contributed by atoms with Gasteiger partial charge >= 0.3 is 5.97 Å². The second-order valence-corrected chi connectivity index (χ2v) is 7.75. The van der Waals surface area contributed by atoms with Gasteiger partial charge in [0.2, 0.25) is 0 Å². The van der Waals surface area contributed by atoms with E-state index in [0.717, 1.165) is 29.7 Å². The predicted molar refractivity (Wildman–Crippen MR) is 105 cm³/mol. The van der Waals surface area contributed by atoms with Crippen LogP contribution in [0.4, 0.5) is 0 Å². The molecule has 4 rings (SSSR count). The Labute approximate surface area is 163 Å². The third-order valence-electron chi connectivity index (χ3n) is 5.43. The van der Waals surface area contributed by atoms with Gasteiger partial charge in [-0.15, -0.1) is 0 Å². The van der Waals surface area contributed by atoms with Crippen LogP contribution in [0.3, 0.4) is 0 Å². The number of rotatable bonds is 7. The lowest BCUT2D eigenvalue weighted by molar-refractivity contribution is -0.144. The van der Waals surface area contributed by atoms with E-state index in [0.29, 0.717) is 17.9 Å². The van der Waals surface area contributed by atoms with Crippen molar-refractivity contribution in [3.05, 3.63) is 94.4 Å². The van der Waals surface area contributed by atoms with Crippen molar-refractivity contribution < 1.29 is 14.3 Å². The van der Waals surface area contributed by atoms with Gasteiger partial charge in [0.15, 0.2) is 0 Å². The minimum absolute atomic E-state index is 0.142. The zero-order chi connectivity index (χ0) is 18.9. The second-order valence-electron chi connectivity index (χ2n) is 7.32. The molecule has 138 valence electrons. The average molecular weight is 381 g/mol. The first-order chi connectivity index (χ1) is 13.1. The highest BCUT2D eigenvalue weighted by Crippen LogP contribution is 2.50. The van der Waals surface area contributed by atoms with Gasteiger partial charge in [-0.2, -0.15) is 0 Å². The summed E-state index contributed by atoms with van der Waals surface area (Å²) in [5, 5.41) is 10.8. The first kappa shape index (κ1) is 17.9. The number of halogens is 1. The van der Waals surface area contributed by atoms with Crippen molar-refractivity contribution in [3.8, 4) is 0 Å². The van der Waals surface area contributed by atoms with E-state index < -0.39 is 11.4 Å². The molecule has 4 heteroatoms. The van der Waals surface area contributed by atoms with Crippen LogP contribution in [-0.2, 0) is 23.1 Å². The number of carboxylic acids is 1. The number of hydrogen-bond acceptors (Lipinski definition) is 2. The van der Waals surface area contributed by atoms with E-state index in [1.807, 2.05) is 36.4 Å². The lowest BCUT2D eigenvalue weighted by atomic mass is 9.72. The first-order valence-electron chi connectivity index (χ1n) is 9.17. The van der Waals surface area contributed by atoms with E-state index in [2.05, 4.69) is 12.1 Å². The summed E-state index contributed by atoms with van der Waals surface area (Å²) in [6, 6.07) is 19.3. The molecule has 27 heavy (non-hydrogen) atoms. The topological polar surface area (TPSA) is 50.4 Å². The monoisotopic (exact) mass is 380 g/mol. The number of furan rings is 1. The zero-order valence-corrected chi connectivity index (χ0v) is 15.7. The van der Waals surface area contributed by atoms with Crippen molar-refractivity contribution in [2.75, 3.05) is 0 Å². The molecule has 0 spiro atoms. The number of carbonyl (C=O) groups is 1. The molecular weight excluding hydrogens is 360 g/mol. The lowest BCUT2D eigenvalue weighted by Crippen LogP contribution is -2.40. The summed E-state index contributed by atoms with van der Waals surface area (Å²) < 4.78 is 5.74. The molecule has 0 saturated heterocycles. The minimum atomic E-state index is -0.932. The van der Waals surface area contributed by atoms with Crippen LogP contribution in [0.25, 0.3) is 0 Å². The van der Waals surface area contributed by atoms with Gasteiger partial charge in [-0.05, 0) is 60.1 Å².